The fourth-order valence-electron chi connectivity index (χ4n) is 1.02. The first-order valence-corrected chi connectivity index (χ1v) is 5.03. The molecule has 0 saturated carbocycles. The first-order valence-electron chi connectivity index (χ1n) is 5.03. The predicted molar refractivity (Wildman–Crippen MR) is 58.9 cm³/mol. The Balaban J connectivity index is 2.73. The smallest absolute Gasteiger partial charge is 0.384 e. The molecule has 0 N–H and O–H groups in total. The Labute approximate surface area is 94.6 Å². The van der Waals surface area contributed by atoms with E-state index in [0.717, 1.165) is 0 Å². The average Bonchev–Trinajstić information content (AvgIpc) is 2.28. The summed E-state index contributed by atoms with van der Waals surface area (Å²) in [6.45, 7) is 4.51. The second-order valence-electron chi connectivity index (χ2n) is 2.81. The van der Waals surface area contributed by atoms with Gasteiger partial charge in [0.1, 0.15) is 5.75 Å². The fraction of sp³-hybridized carbons (Fsp3) is 0.333. The van der Waals surface area contributed by atoms with E-state index in [1.807, 2.05) is 6.92 Å². The molecule has 84 valence electrons. The number of hydrogen-bond acceptors (Lipinski definition) is 4. The first kappa shape index (κ1) is 12.1. The highest BCUT2D eigenvalue weighted by molar-refractivity contribution is 5.89. The summed E-state index contributed by atoms with van der Waals surface area (Å²) in [6.07, 6.45) is 3.16. The number of hydrogen-bond donors (Lipinski definition) is 0. The van der Waals surface area contributed by atoms with Crippen LogP contribution in [0.25, 0.3) is 0 Å². The lowest BCUT2D eigenvalue weighted by Gasteiger charge is -2.01. The molecule has 4 heteroatoms. The molecule has 1 aromatic rings. The van der Waals surface area contributed by atoms with Crippen molar-refractivity contribution in [2.45, 2.75) is 13.8 Å². The third-order valence-electron chi connectivity index (χ3n) is 1.61. The van der Waals surface area contributed by atoms with Crippen molar-refractivity contribution in [3.8, 4) is 17.6 Å². The highest BCUT2D eigenvalue weighted by atomic mass is 16.5. The summed E-state index contributed by atoms with van der Waals surface area (Å²) in [7, 11) is 0. The number of pyridine rings is 1. The molecule has 0 spiro atoms. The Morgan fingerprint density at radius 3 is 2.88 bits per heavy atom. The van der Waals surface area contributed by atoms with Gasteiger partial charge in [0.2, 0.25) is 0 Å². The van der Waals surface area contributed by atoms with Crippen LogP contribution in [0.4, 0.5) is 0 Å². The number of carbonyl (C=O) groups is 1. The van der Waals surface area contributed by atoms with Crippen LogP contribution in [0.15, 0.2) is 18.5 Å². The van der Waals surface area contributed by atoms with Crippen molar-refractivity contribution < 1.29 is 14.3 Å². The van der Waals surface area contributed by atoms with E-state index in [9.17, 15) is 4.79 Å². The monoisotopic (exact) mass is 219 g/mol. The second kappa shape index (κ2) is 6.46. The van der Waals surface area contributed by atoms with Gasteiger partial charge in [0.05, 0.1) is 19.4 Å². The van der Waals surface area contributed by atoms with Gasteiger partial charge in [-0.1, -0.05) is 5.92 Å². The van der Waals surface area contributed by atoms with Crippen LogP contribution in [0.3, 0.4) is 0 Å². The Morgan fingerprint density at radius 1 is 1.38 bits per heavy atom. The largest absolute Gasteiger partial charge is 0.492 e. The highest BCUT2D eigenvalue weighted by Crippen LogP contribution is 2.09. The van der Waals surface area contributed by atoms with Crippen molar-refractivity contribution in [1.29, 1.82) is 0 Å². The molecule has 4 nitrogen and oxygen atoms in total. The first-order chi connectivity index (χ1) is 7.76. The van der Waals surface area contributed by atoms with Gasteiger partial charge in [0.25, 0.3) is 0 Å². The zero-order chi connectivity index (χ0) is 11.8. The molecule has 1 aromatic heterocycles. The molecular formula is C12H13NO3. The van der Waals surface area contributed by atoms with Crippen LogP contribution in [0.2, 0.25) is 0 Å². The molecule has 0 aliphatic carbocycles. The van der Waals surface area contributed by atoms with Crippen LogP contribution < -0.4 is 4.74 Å². The van der Waals surface area contributed by atoms with Crippen molar-refractivity contribution in [3.05, 3.63) is 24.0 Å². The van der Waals surface area contributed by atoms with Crippen LogP contribution in [0, 0.1) is 11.8 Å². The minimum atomic E-state index is -0.538. The highest BCUT2D eigenvalue weighted by Gasteiger charge is 1.96. The summed E-state index contributed by atoms with van der Waals surface area (Å²) in [5.41, 5.74) is 0.624. The molecule has 0 aromatic carbocycles. The van der Waals surface area contributed by atoms with E-state index in [1.165, 1.54) is 0 Å². The van der Waals surface area contributed by atoms with E-state index in [-0.39, 0.29) is 0 Å². The lowest BCUT2D eigenvalue weighted by atomic mass is 10.3. The second-order valence-corrected chi connectivity index (χ2v) is 2.81. The van der Waals surface area contributed by atoms with Crippen molar-refractivity contribution in [2.24, 2.45) is 0 Å². The molecule has 0 radical (unpaired) electrons. The molecular weight excluding hydrogens is 206 g/mol. The standard InChI is InChI=1S/C12H13NO3/c1-3-15-11-7-10(8-13-9-11)5-6-12(14)16-4-2/h7-9H,3-4H2,1-2H3. The van der Waals surface area contributed by atoms with Crippen molar-refractivity contribution in [3.63, 3.8) is 0 Å². The number of rotatable bonds is 3. The molecule has 0 amide bonds. The number of nitrogens with zero attached hydrogens (tertiary/aromatic N) is 1. The minimum absolute atomic E-state index is 0.324. The van der Waals surface area contributed by atoms with Crippen molar-refractivity contribution in [1.82, 2.24) is 4.98 Å². The maximum absolute atomic E-state index is 11.0. The summed E-state index contributed by atoms with van der Waals surface area (Å²) in [6, 6.07) is 1.72. The van der Waals surface area contributed by atoms with Gasteiger partial charge in [0, 0.05) is 17.7 Å². The maximum atomic E-state index is 11.0. The minimum Gasteiger partial charge on any atom is -0.492 e. The maximum Gasteiger partial charge on any atom is 0.384 e. The summed E-state index contributed by atoms with van der Waals surface area (Å²) in [5.74, 6) is 5.12. The van der Waals surface area contributed by atoms with Gasteiger partial charge in [-0.15, -0.1) is 0 Å². The summed E-state index contributed by atoms with van der Waals surface area (Å²) < 4.78 is 9.93. The number of esters is 1. The van der Waals surface area contributed by atoms with Gasteiger partial charge in [-0.3, -0.25) is 4.98 Å². The van der Waals surface area contributed by atoms with Gasteiger partial charge in [-0.05, 0) is 19.9 Å². The average molecular weight is 219 g/mol. The van der Waals surface area contributed by atoms with Crippen LogP contribution >= 0.6 is 0 Å². The topological polar surface area (TPSA) is 48.4 Å². The van der Waals surface area contributed by atoms with E-state index in [0.29, 0.717) is 24.5 Å². The van der Waals surface area contributed by atoms with E-state index in [2.05, 4.69) is 21.6 Å². The lowest BCUT2D eigenvalue weighted by Crippen LogP contribution is -1.99. The zero-order valence-electron chi connectivity index (χ0n) is 9.32. The summed E-state index contributed by atoms with van der Waals surface area (Å²) in [4.78, 5) is 14.9. The Kier molecular flexibility index (Phi) is 4.87. The predicted octanol–water partition coefficient (Wildman–Crippen LogP) is 1.39. The van der Waals surface area contributed by atoms with Crippen LogP contribution in [0.5, 0.6) is 5.75 Å². The van der Waals surface area contributed by atoms with Crippen molar-refractivity contribution >= 4 is 5.97 Å². The Bertz CT molecular complexity index is 418. The SMILES string of the molecule is CCOC(=O)C#Cc1cncc(OCC)c1. The van der Waals surface area contributed by atoms with Gasteiger partial charge >= 0.3 is 5.97 Å². The quantitative estimate of drug-likeness (QED) is 0.569. The van der Waals surface area contributed by atoms with Crippen molar-refractivity contribution in [2.75, 3.05) is 13.2 Å². The number of ether oxygens (including phenoxy) is 2. The molecule has 0 bridgehead atoms. The van der Waals surface area contributed by atoms with Gasteiger partial charge in [-0.2, -0.15) is 0 Å². The Morgan fingerprint density at radius 2 is 2.19 bits per heavy atom. The molecule has 0 atom stereocenters. The van der Waals surface area contributed by atoms with Gasteiger partial charge in [-0.25, -0.2) is 4.79 Å². The van der Waals surface area contributed by atoms with E-state index >= 15 is 0 Å². The number of carbonyl (C=O) groups excluding carboxylic acids is 1. The van der Waals surface area contributed by atoms with Gasteiger partial charge < -0.3 is 9.47 Å². The van der Waals surface area contributed by atoms with Crippen LogP contribution in [-0.2, 0) is 9.53 Å². The normalized spacial score (nSPS) is 8.88. The molecule has 0 unspecified atom stereocenters. The summed E-state index contributed by atoms with van der Waals surface area (Å²) in [5, 5.41) is 0. The number of aromatic nitrogens is 1. The molecule has 16 heavy (non-hydrogen) atoms. The van der Waals surface area contributed by atoms with Crippen LogP contribution in [-0.4, -0.2) is 24.2 Å². The molecule has 0 aliphatic rings. The summed E-state index contributed by atoms with van der Waals surface area (Å²) >= 11 is 0. The third kappa shape index (κ3) is 4.01. The van der Waals surface area contributed by atoms with E-state index in [1.54, 1.807) is 25.4 Å². The lowest BCUT2D eigenvalue weighted by molar-refractivity contribution is -0.136. The van der Waals surface area contributed by atoms with Gasteiger partial charge in [0.15, 0.2) is 0 Å². The Hall–Kier alpha value is -2.02. The third-order valence-corrected chi connectivity index (χ3v) is 1.61. The molecule has 1 heterocycles. The van der Waals surface area contributed by atoms with Crippen LogP contribution in [0.1, 0.15) is 19.4 Å². The fourth-order valence-corrected chi connectivity index (χ4v) is 1.02. The molecule has 1 rings (SSSR count). The molecule has 0 saturated heterocycles. The zero-order valence-corrected chi connectivity index (χ0v) is 9.32. The molecule has 0 fully saturated rings. The van der Waals surface area contributed by atoms with E-state index in [4.69, 9.17) is 4.74 Å². The van der Waals surface area contributed by atoms with E-state index < -0.39 is 5.97 Å². The molecule has 0 aliphatic heterocycles.